The Morgan fingerprint density at radius 1 is 1.10 bits per heavy atom. The maximum absolute atomic E-state index is 11.8. The van der Waals surface area contributed by atoms with Gasteiger partial charge < -0.3 is 10.4 Å². The summed E-state index contributed by atoms with van der Waals surface area (Å²) in [5.41, 5.74) is 1.45. The molecule has 21 heavy (non-hydrogen) atoms. The highest BCUT2D eigenvalue weighted by Gasteiger charge is 2.04. The fourth-order valence-corrected chi connectivity index (χ4v) is 2.11. The number of carbonyl (C=O) groups is 2. The van der Waals surface area contributed by atoms with Gasteiger partial charge in [0.2, 0.25) is 5.91 Å². The molecule has 5 heteroatoms. The van der Waals surface area contributed by atoms with Crippen molar-refractivity contribution in [1.82, 2.24) is 0 Å². The van der Waals surface area contributed by atoms with Crippen molar-refractivity contribution in [1.29, 1.82) is 0 Å². The summed E-state index contributed by atoms with van der Waals surface area (Å²) in [6.45, 7) is 0. The third kappa shape index (κ3) is 4.29. The van der Waals surface area contributed by atoms with Gasteiger partial charge >= 0.3 is 5.97 Å². The zero-order valence-electron chi connectivity index (χ0n) is 10.9. The Hall–Kier alpha value is -2.40. The lowest BCUT2D eigenvalue weighted by Crippen LogP contribution is -2.08. The quantitative estimate of drug-likeness (QED) is 0.828. The van der Waals surface area contributed by atoms with E-state index in [-0.39, 0.29) is 11.5 Å². The Balaban J connectivity index is 2.07. The van der Waals surface area contributed by atoms with Gasteiger partial charge in [-0.3, -0.25) is 4.79 Å². The maximum atomic E-state index is 11.8. The van der Waals surface area contributed by atoms with Crippen molar-refractivity contribution in [3.63, 3.8) is 0 Å². The van der Waals surface area contributed by atoms with Crippen LogP contribution in [0, 0.1) is 0 Å². The van der Waals surface area contributed by atoms with Crippen LogP contribution in [0.5, 0.6) is 0 Å². The van der Waals surface area contributed by atoms with Crippen LogP contribution >= 0.6 is 15.9 Å². The first-order valence-corrected chi connectivity index (χ1v) is 6.92. The van der Waals surface area contributed by atoms with E-state index in [0.717, 1.165) is 10.0 Å². The molecule has 2 aromatic rings. The van der Waals surface area contributed by atoms with Gasteiger partial charge in [0, 0.05) is 16.2 Å². The van der Waals surface area contributed by atoms with Gasteiger partial charge in [-0.2, -0.15) is 0 Å². The second-order valence-corrected chi connectivity index (χ2v) is 5.08. The number of benzene rings is 2. The first-order valence-electron chi connectivity index (χ1n) is 6.13. The first kappa shape index (κ1) is 15.0. The van der Waals surface area contributed by atoms with Crippen LogP contribution in [0.1, 0.15) is 15.9 Å². The topological polar surface area (TPSA) is 66.4 Å². The van der Waals surface area contributed by atoms with E-state index in [1.165, 1.54) is 18.2 Å². The molecule has 0 heterocycles. The minimum atomic E-state index is -1.03. The van der Waals surface area contributed by atoms with Gasteiger partial charge in [0.05, 0.1) is 5.56 Å². The van der Waals surface area contributed by atoms with Gasteiger partial charge in [-0.1, -0.05) is 40.2 Å². The summed E-state index contributed by atoms with van der Waals surface area (Å²) < 4.78 is 0.891. The highest BCUT2D eigenvalue weighted by molar-refractivity contribution is 9.10. The van der Waals surface area contributed by atoms with Gasteiger partial charge in [0.15, 0.2) is 0 Å². The molecule has 0 radical (unpaired) electrons. The van der Waals surface area contributed by atoms with Crippen LogP contribution in [0.2, 0.25) is 0 Å². The molecule has 0 aliphatic heterocycles. The molecule has 0 aliphatic carbocycles. The fourth-order valence-electron chi connectivity index (χ4n) is 1.69. The zero-order valence-corrected chi connectivity index (χ0v) is 12.5. The van der Waals surface area contributed by atoms with Crippen molar-refractivity contribution >= 4 is 39.6 Å². The molecule has 2 aromatic carbocycles. The lowest BCUT2D eigenvalue weighted by molar-refractivity contribution is -0.111. The van der Waals surface area contributed by atoms with E-state index in [9.17, 15) is 9.59 Å². The van der Waals surface area contributed by atoms with Crippen LogP contribution in [0.4, 0.5) is 5.69 Å². The monoisotopic (exact) mass is 345 g/mol. The third-order valence-corrected chi connectivity index (χ3v) is 3.42. The molecule has 0 atom stereocenters. The second-order valence-electron chi connectivity index (χ2n) is 4.23. The number of nitrogens with one attached hydrogen (secondary N) is 1. The lowest BCUT2D eigenvalue weighted by Gasteiger charge is -2.03. The number of carboxylic acid groups (broad SMARTS) is 1. The average molecular weight is 346 g/mol. The van der Waals surface area contributed by atoms with Crippen molar-refractivity contribution < 1.29 is 14.7 Å². The smallest absolute Gasteiger partial charge is 0.335 e. The number of carbonyl (C=O) groups excluding carboxylic acids is 1. The maximum Gasteiger partial charge on any atom is 0.335 e. The molecular weight excluding hydrogens is 334 g/mol. The number of rotatable bonds is 4. The van der Waals surface area contributed by atoms with E-state index in [1.54, 1.807) is 18.2 Å². The van der Waals surface area contributed by atoms with Crippen LogP contribution in [-0.4, -0.2) is 17.0 Å². The predicted octanol–water partition coefficient (Wildman–Crippen LogP) is 3.80. The van der Waals surface area contributed by atoms with Crippen LogP contribution in [0.3, 0.4) is 0 Å². The van der Waals surface area contributed by atoms with E-state index in [0.29, 0.717) is 5.69 Å². The Labute approximate surface area is 130 Å². The average Bonchev–Trinajstić information content (AvgIpc) is 2.46. The van der Waals surface area contributed by atoms with Crippen LogP contribution in [-0.2, 0) is 4.79 Å². The van der Waals surface area contributed by atoms with Gasteiger partial charge in [0.1, 0.15) is 0 Å². The van der Waals surface area contributed by atoms with E-state index >= 15 is 0 Å². The molecule has 106 valence electrons. The van der Waals surface area contributed by atoms with Crippen LogP contribution in [0.25, 0.3) is 6.08 Å². The first-order chi connectivity index (χ1) is 10.1. The number of aromatic carboxylic acids is 1. The molecular formula is C16H12BrNO3. The zero-order chi connectivity index (χ0) is 15.2. The Morgan fingerprint density at radius 3 is 2.57 bits per heavy atom. The summed E-state index contributed by atoms with van der Waals surface area (Å²) in [5.74, 6) is -1.36. The van der Waals surface area contributed by atoms with Crippen molar-refractivity contribution in [2.75, 3.05) is 5.32 Å². The molecule has 0 fully saturated rings. The standard InChI is InChI=1S/C16H12BrNO3/c17-14-7-2-1-4-11(14)8-9-15(19)18-13-6-3-5-12(10-13)16(20)21/h1-10H,(H,18,19)(H,20,21)/b9-8+. The van der Waals surface area contributed by atoms with Crippen molar-refractivity contribution in [3.05, 3.63) is 70.2 Å². The third-order valence-electron chi connectivity index (χ3n) is 2.70. The van der Waals surface area contributed by atoms with Crippen molar-refractivity contribution in [2.24, 2.45) is 0 Å². The van der Waals surface area contributed by atoms with Crippen LogP contribution in [0.15, 0.2) is 59.1 Å². The summed E-state index contributed by atoms with van der Waals surface area (Å²) in [5, 5.41) is 11.5. The molecule has 4 nitrogen and oxygen atoms in total. The predicted molar refractivity (Wildman–Crippen MR) is 85.2 cm³/mol. The minimum absolute atomic E-state index is 0.127. The summed E-state index contributed by atoms with van der Waals surface area (Å²) >= 11 is 3.39. The Kier molecular flexibility index (Phi) is 4.90. The number of hydrogen-bond acceptors (Lipinski definition) is 2. The molecule has 0 unspecified atom stereocenters. The molecule has 0 spiro atoms. The highest BCUT2D eigenvalue weighted by atomic mass is 79.9. The Bertz CT molecular complexity index is 710. The largest absolute Gasteiger partial charge is 0.478 e. The summed E-state index contributed by atoms with van der Waals surface area (Å²) in [6, 6.07) is 13.6. The Morgan fingerprint density at radius 2 is 1.86 bits per heavy atom. The van der Waals surface area contributed by atoms with Crippen LogP contribution < -0.4 is 5.32 Å². The summed E-state index contributed by atoms with van der Waals surface area (Å²) in [7, 11) is 0. The SMILES string of the molecule is O=C(/C=C/c1ccccc1Br)Nc1cccc(C(=O)O)c1. The molecule has 2 rings (SSSR count). The molecule has 1 amide bonds. The van der Waals surface area contributed by atoms with E-state index in [1.807, 2.05) is 24.3 Å². The second kappa shape index (κ2) is 6.85. The molecule has 2 N–H and O–H groups in total. The summed E-state index contributed by atoms with van der Waals surface area (Å²) in [4.78, 5) is 22.7. The lowest BCUT2D eigenvalue weighted by atomic mass is 10.2. The number of carboxylic acids is 1. The van der Waals surface area contributed by atoms with Gasteiger partial charge in [0.25, 0.3) is 0 Å². The van der Waals surface area contributed by atoms with E-state index in [2.05, 4.69) is 21.2 Å². The molecule has 0 saturated carbocycles. The normalized spacial score (nSPS) is 10.5. The van der Waals surface area contributed by atoms with Crippen molar-refractivity contribution in [2.45, 2.75) is 0 Å². The number of hydrogen-bond donors (Lipinski definition) is 2. The van der Waals surface area contributed by atoms with Gasteiger partial charge in [-0.05, 0) is 35.9 Å². The molecule has 0 saturated heterocycles. The number of anilines is 1. The van der Waals surface area contributed by atoms with E-state index in [4.69, 9.17) is 5.11 Å². The minimum Gasteiger partial charge on any atom is -0.478 e. The van der Waals surface area contributed by atoms with Crippen molar-refractivity contribution in [3.8, 4) is 0 Å². The molecule has 0 aromatic heterocycles. The fraction of sp³-hybridized carbons (Fsp3) is 0. The van der Waals surface area contributed by atoms with Gasteiger partial charge in [-0.15, -0.1) is 0 Å². The molecule has 0 aliphatic rings. The number of halogens is 1. The van der Waals surface area contributed by atoms with E-state index < -0.39 is 5.97 Å². The van der Waals surface area contributed by atoms with Gasteiger partial charge in [-0.25, -0.2) is 4.79 Å². The highest BCUT2D eigenvalue weighted by Crippen LogP contribution is 2.17. The molecule has 0 bridgehead atoms. The number of amides is 1. The summed E-state index contributed by atoms with van der Waals surface area (Å²) in [6.07, 6.45) is 3.08.